The quantitative estimate of drug-likeness (QED) is 0.0610. The Morgan fingerprint density at radius 1 is 0.744 bits per heavy atom. The number of unbranched alkanes of at least 4 members (excludes halogenated alkanes) is 12. The average Bonchev–Trinajstić information content (AvgIpc) is 2.96. The van der Waals surface area contributed by atoms with E-state index in [1.165, 1.54) is 84.8 Å². The molecular formula is C32H46N2O5. The van der Waals surface area contributed by atoms with Gasteiger partial charge in [-0.2, -0.15) is 5.10 Å². The molecule has 2 rings (SSSR count). The number of hydrogen-bond acceptors (Lipinski definition) is 6. The molecule has 0 unspecified atom stereocenters. The van der Waals surface area contributed by atoms with Crippen molar-refractivity contribution in [3.63, 3.8) is 0 Å². The summed E-state index contributed by atoms with van der Waals surface area (Å²) >= 11 is 0. The van der Waals surface area contributed by atoms with Gasteiger partial charge in [0, 0.05) is 6.42 Å². The van der Waals surface area contributed by atoms with E-state index in [9.17, 15) is 9.59 Å². The maximum Gasteiger partial charge on any atom is 0.343 e. The SMILES string of the molecule is CCCCCCCCCCCCCCCC(=O)N/N=C\c1ccc(OC(=O)c2ccc(OC)c(OC)c2)cc1. The highest BCUT2D eigenvalue weighted by molar-refractivity contribution is 5.92. The van der Waals surface area contributed by atoms with Crippen molar-refractivity contribution in [2.75, 3.05) is 14.2 Å². The van der Waals surface area contributed by atoms with Gasteiger partial charge < -0.3 is 14.2 Å². The van der Waals surface area contributed by atoms with Crippen LogP contribution in [0.25, 0.3) is 0 Å². The standard InChI is InChI=1S/C32H46N2O5/c1-4-5-6-7-8-9-10-11-12-13-14-15-16-17-31(35)34-33-25-26-18-21-28(22-19-26)39-32(36)27-20-23-29(37-2)30(24-27)38-3/h18-25H,4-17H2,1-3H3,(H,34,35)/b33-25-. The first-order chi connectivity index (χ1) is 19.1. The molecule has 2 aromatic rings. The smallest absolute Gasteiger partial charge is 0.343 e. The van der Waals surface area contributed by atoms with Gasteiger partial charge in [-0.3, -0.25) is 4.79 Å². The molecule has 0 heterocycles. The van der Waals surface area contributed by atoms with E-state index in [2.05, 4.69) is 17.5 Å². The van der Waals surface area contributed by atoms with Crippen LogP contribution in [0.3, 0.4) is 0 Å². The second-order valence-electron chi connectivity index (χ2n) is 9.81. The van der Waals surface area contributed by atoms with Crippen molar-refractivity contribution in [1.82, 2.24) is 5.43 Å². The van der Waals surface area contributed by atoms with Crippen molar-refractivity contribution in [3.05, 3.63) is 53.6 Å². The highest BCUT2D eigenvalue weighted by atomic mass is 16.5. The number of rotatable bonds is 20. The van der Waals surface area contributed by atoms with Crippen LogP contribution in [0.4, 0.5) is 0 Å². The highest BCUT2D eigenvalue weighted by Crippen LogP contribution is 2.28. The Bertz CT molecular complexity index is 1000. The van der Waals surface area contributed by atoms with Crippen LogP contribution in [0.1, 0.15) is 113 Å². The number of ether oxygens (including phenoxy) is 3. The Kier molecular flexibility index (Phi) is 16.1. The predicted octanol–water partition coefficient (Wildman–Crippen LogP) is 7.85. The number of amides is 1. The predicted molar refractivity (Wildman–Crippen MR) is 157 cm³/mol. The van der Waals surface area contributed by atoms with Gasteiger partial charge in [-0.1, -0.05) is 84.0 Å². The molecule has 0 saturated carbocycles. The molecule has 0 radical (unpaired) electrons. The highest BCUT2D eigenvalue weighted by Gasteiger charge is 2.13. The third-order valence-corrected chi connectivity index (χ3v) is 6.62. The van der Waals surface area contributed by atoms with E-state index in [-0.39, 0.29) is 5.91 Å². The molecule has 0 aliphatic heterocycles. The molecule has 0 atom stereocenters. The zero-order chi connectivity index (χ0) is 28.1. The lowest BCUT2D eigenvalue weighted by Crippen LogP contribution is -2.16. The monoisotopic (exact) mass is 538 g/mol. The first-order valence-electron chi connectivity index (χ1n) is 14.4. The zero-order valence-electron chi connectivity index (χ0n) is 24.0. The third-order valence-electron chi connectivity index (χ3n) is 6.62. The summed E-state index contributed by atoms with van der Waals surface area (Å²) in [6.45, 7) is 2.26. The molecule has 7 heteroatoms. The second-order valence-corrected chi connectivity index (χ2v) is 9.81. The molecule has 0 spiro atoms. The minimum atomic E-state index is -0.502. The molecule has 1 N–H and O–H groups in total. The van der Waals surface area contributed by atoms with Crippen LogP contribution in [0.2, 0.25) is 0 Å². The lowest BCUT2D eigenvalue weighted by atomic mass is 10.0. The van der Waals surface area contributed by atoms with E-state index in [0.717, 1.165) is 18.4 Å². The van der Waals surface area contributed by atoms with E-state index in [0.29, 0.717) is 29.2 Å². The largest absolute Gasteiger partial charge is 0.493 e. The first-order valence-corrected chi connectivity index (χ1v) is 14.4. The second kappa shape index (κ2) is 19.7. The maximum atomic E-state index is 12.5. The van der Waals surface area contributed by atoms with Crippen molar-refractivity contribution in [3.8, 4) is 17.2 Å². The maximum absolute atomic E-state index is 12.5. The summed E-state index contributed by atoms with van der Waals surface area (Å²) in [5, 5.41) is 4.04. The Morgan fingerprint density at radius 2 is 1.31 bits per heavy atom. The molecule has 0 aliphatic carbocycles. The van der Waals surface area contributed by atoms with Crippen LogP contribution in [0.15, 0.2) is 47.6 Å². The van der Waals surface area contributed by atoms with Crippen molar-refractivity contribution in [2.45, 2.75) is 96.8 Å². The van der Waals surface area contributed by atoms with Crippen molar-refractivity contribution >= 4 is 18.1 Å². The molecule has 0 bridgehead atoms. The summed E-state index contributed by atoms with van der Waals surface area (Å²) in [5.41, 5.74) is 3.72. The molecule has 0 aliphatic rings. The molecule has 0 saturated heterocycles. The van der Waals surface area contributed by atoms with Gasteiger partial charge in [0.05, 0.1) is 26.0 Å². The fourth-order valence-corrected chi connectivity index (χ4v) is 4.29. The number of hydrazone groups is 1. The van der Waals surface area contributed by atoms with Crippen LogP contribution in [-0.2, 0) is 4.79 Å². The molecule has 214 valence electrons. The molecule has 39 heavy (non-hydrogen) atoms. The number of benzene rings is 2. The van der Waals surface area contributed by atoms with Gasteiger partial charge in [0.25, 0.3) is 0 Å². The van der Waals surface area contributed by atoms with Crippen LogP contribution in [-0.4, -0.2) is 32.3 Å². The molecule has 1 amide bonds. The minimum absolute atomic E-state index is 0.0743. The van der Waals surface area contributed by atoms with Crippen molar-refractivity contribution in [1.29, 1.82) is 0 Å². The average molecular weight is 539 g/mol. The number of carbonyl (C=O) groups excluding carboxylic acids is 2. The van der Waals surface area contributed by atoms with E-state index < -0.39 is 5.97 Å². The summed E-state index contributed by atoms with van der Waals surface area (Å²) in [6, 6.07) is 11.7. The normalized spacial score (nSPS) is 10.9. The summed E-state index contributed by atoms with van der Waals surface area (Å²) in [7, 11) is 3.04. The minimum Gasteiger partial charge on any atom is -0.493 e. The van der Waals surface area contributed by atoms with Gasteiger partial charge in [0.1, 0.15) is 5.75 Å². The topological polar surface area (TPSA) is 86.2 Å². The fraction of sp³-hybridized carbons (Fsp3) is 0.531. The molecule has 2 aromatic carbocycles. The fourth-order valence-electron chi connectivity index (χ4n) is 4.29. The lowest BCUT2D eigenvalue weighted by molar-refractivity contribution is -0.121. The van der Waals surface area contributed by atoms with Crippen molar-refractivity contribution < 1.29 is 23.8 Å². The summed E-state index contributed by atoms with van der Waals surface area (Å²) < 4.78 is 15.9. The number of nitrogens with one attached hydrogen (secondary N) is 1. The number of nitrogens with zero attached hydrogens (tertiary/aromatic N) is 1. The van der Waals surface area contributed by atoms with Crippen LogP contribution in [0, 0.1) is 0 Å². The van der Waals surface area contributed by atoms with E-state index in [1.807, 2.05) is 0 Å². The number of methoxy groups -OCH3 is 2. The van der Waals surface area contributed by atoms with Gasteiger partial charge in [-0.05, 0) is 54.4 Å². The Morgan fingerprint density at radius 3 is 1.87 bits per heavy atom. The lowest BCUT2D eigenvalue weighted by Gasteiger charge is -2.09. The van der Waals surface area contributed by atoms with Crippen LogP contribution in [0.5, 0.6) is 17.2 Å². The van der Waals surface area contributed by atoms with E-state index in [1.54, 1.807) is 48.7 Å². The Hall–Kier alpha value is -3.35. The van der Waals surface area contributed by atoms with Crippen LogP contribution < -0.4 is 19.6 Å². The van der Waals surface area contributed by atoms with Gasteiger partial charge in [0.15, 0.2) is 11.5 Å². The molecular weight excluding hydrogens is 492 g/mol. The molecule has 0 fully saturated rings. The van der Waals surface area contributed by atoms with Crippen LogP contribution >= 0.6 is 0 Å². The van der Waals surface area contributed by atoms with Crippen molar-refractivity contribution in [2.24, 2.45) is 5.10 Å². The van der Waals surface area contributed by atoms with E-state index in [4.69, 9.17) is 14.2 Å². The number of carbonyl (C=O) groups is 2. The first kappa shape index (κ1) is 31.9. The summed E-state index contributed by atoms with van der Waals surface area (Å²) in [5.74, 6) is 0.815. The number of hydrogen-bond donors (Lipinski definition) is 1. The van der Waals surface area contributed by atoms with E-state index >= 15 is 0 Å². The Labute approximate surface area is 234 Å². The van der Waals surface area contributed by atoms with Gasteiger partial charge in [0.2, 0.25) is 5.91 Å². The third kappa shape index (κ3) is 13.3. The van der Waals surface area contributed by atoms with Gasteiger partial charge in [-0.15, -0.1) is 0 Å². The summed E-state index contributed by atoms with van der Waals surface area (Å²) in [6.07, 6.45) is 18.7. The number of esters is 1. The zero-order valence-corrected chi connectivity index (χ0v) is 24.0. The summed E-state index contributed by atoms with van der Waals surface area (Å²) in [4.78, 5) is 24.5. The Balaban J connectivity index is 1.57. The van der Waals surface area contributed by atoms with Gasteiger partial charge >= 0.3 is 5.97 Å². The molecule has 0 aromatic heterocycles. The molecule has 7 nitrogen and oxygen atoms in total. The van der Waals surface area contributed by atoms with Gasteiger partial charge in [-0.25, -0.2) is 10.2 Å².